The summed E-state index contributed by atoms with van der Waals surface area (Å²) in [5.41, 5.74) is 0. The zero-order chi connectivity index (χ0) is 16.6. The van der Waals surface area contributed by atoms with Gasteiger partial charge in [-0.05, 0) is 6.10 Å². The third kappa shape index (κ3) is 23.8. The molecule has 124 valence electrons. The molecule has 5 N–H and O–H groups in total. The standard InChI is InChI=1S/C6H13O8S.2Na.H2O4S/c7-2-1-4(9)6(10)5(3-8)14-15(11,12)13;;;1-5(2,3)4/h1,4-10H,2-3H2,(H,11,12,13);;;(H2,1,2,3,4)/q-1;2*+1;/p-2. The summed E-state index contributed by atoms with van der Waals surface area (Å²) in [4.78, 5) is 0. The average molecular weight is 387 g/mol. The van der Waals surface area contributed by atoms with E-state index in [9.17, 15) is 18.1 Å². The van der Waals surface area contributed by atoms with E-state index in [2.05, 4.69) is 4.18 Å². The Morgan fingerprint density at radius 2 is 1.41 bits per heavy atom. The second-order valence-electron chi connectivity index (χ2n) is 3.05. The zero-order valence-electron chi connectivity index (χ0n) is 11.6. The number of hydrogen-bond acceptors (Lipinski definition) is 11. The Morgan fingerprint density at radius 1 is 1.05 bits per heavy atom. The quantitative estimate of drug-likeness (QED) is 0.119. The first kappa shape index (κ1) is 31.4. The number of hydrogen-bond donors (Lipinski definition) is 5. The third-order valence-electron chi connectivity index (χ3n) is 1.50. The largest absolute Gasteiger partial charge is 1.00 e. The Balaban J connectivity index is -0.000000201. The molecule has 0 bridgehead atoms. The number of aliphatic hydroxyl groups is 4. The summed E-state index contributed by atoms with van der Waals surface area (Å²) in [5.74, 6) is 0. The average Bonchev–Trinajstić information content (AvgIpc) is 2.21. The molecule has 0 aliphatic carbocycles. The van der Waals surface area contributed by atoms with E-state index in [-0.39, 0.29) is 59.1 Å². The van der Waals surface area contributed by atoms with Crippen LogP contribution in [-0.2, 0) is 25.0 Å². The van der Waals surface area contributed by atoms with Gasteiger partial charge in [-0.25, -0.2) is 16.8 Å². The van der Waals surface area contributed by atoms with Crippen LogP contribution >= 0.6 is 0 Å². The molecule has 0 saturated carbocycles. The first-order valence-electron chi connectivity index (χ1n) is 4.55. The normalized spacial score (nSPS) is 15.2. The van der Waals surface area contributed by atoms with Crippen molar-refractivity contribution >= 4 is 20.8 Å². The molecule has 0 amide bonds. The number of aliphatic hydroxyl groups excluding tert-OH is 4. The summed E-state index contributed by atoms with van der Waals surface area (Å²) >= 11 is 0. The molecular formula is C6H13Na2O12S2-. The van der Waals surface area contributed by atoms with Crippen molar-refractivity contribution in [3.05, 3.63) is 6.42 Å². The van der Waals surface area contributed by atoms with Crippen LogP contribution < -0.4 is 59.1 Å². The predicted octanol–water partition coefficient (Wildman–Crippen LogP) is -10.2. The van der Waals surface area contributed by atoms with Crippen LogP contribution in [0.5, 0.6) is 0 Å². The molecule has 3 unspecified atom stereocenters. The summed E-state index contributed by atoms with van der Waals surface area (Å²) in [7, 11) is -10.0. The molecule has 0 fully saturated rings. The molecule has 0 aliphatic heterocycles. The van der Waals surface area contributed by atoms with E-state index in [4.69, 9.17) is 32.8 Å². The van der Waals surface area contributed by atoms with Crippen LogP contribution in [-0.4, -0.2) is 82.4 Å². The molecule has 0 aromatic rings. The summed E-state index contributed by atoms with van der Waals surface area (Å²) in [6.07, 6.45) is -4.38. The molecule has 12 nitrogen and oxygen atoms in total. The molecule has 0 saturated heterocycles. The van der Waals surface area contributed by atoms with E-state index in [1.165, 1.54) is 0 Å². The fourth-order valence-electron chi connectivity index (χ4n) is 0.814. The summed E-state index contributed by atoms with van der Waals surface area (Å²) in [6, 6.07) is 0. The van der Waals surface area contributed by atoms with Gasteiger partial charge in [-0.2, -0.15) is 0 Å². The second kappa shape index (κ2) is 14.9. The van der Waals surface area contributed by atoms with Crippen molar-refractivity contribution in [1.82, 2.24) is 0 Å². The van der Waals surface area contributed by atoms with E-state index >= 15 is 0 Å². The van der Waals surface area contributed by atoms with Gasteiger partial charge in [0.2, 0.25) is 20.8 Å². The third-order valence-corrected chi connectivity index (χ3v) is 1.98. The maximum absolute atomic E-state index is 10.1. The molecule has 22 heavy (non-hydrogen) atoms. The molecular weight excluding hydrogens is 374 g/mol. The zero-order valence-corrected chi connectivity index (χ0v) is 17.3. The Labute approximate surface area is 171 Å². The van der Waals surface area contributed by atoms with E-state index in [1.807, 2.05) is 0 Å². The topological polar surface area (TPSA) is 225 Å². The maximum Gasteiger partial charge on any atom is 1.00 e. The summed E-state index contributed by atoms with van der Waals surface area (Å²) < 4.78 is 67.0. The van der Waals surface area contributed by atoms with Crippen molar-refractivity contribution in [3.8, 4) is 0 Å². The van der Waals surface area contributed by atoms with Crippen molar-refractivity contribution in [2.24, 2.45) is 0 Å². The van der Waals surface area contributed by atoms with Gasteiger partial charge in [0.25, 0.3) is 0 Å². The Hall–Kier alpha value is 1.58. The smallest absolute Gasteiger partial charge is 0.726 e. The minimum atomic E-state index is -5.09. The van der Waals surface area contributed by atoms with Crippen molar-refractivity contribution in [3.63, 3.8) is 0 Å². The van der Waals surface area contributed by atoms with E-state index in [0.29, 0.717) is 0 Å². The van der Waals surface area contributed by atoms with Crippen LogP contribution in [0, 0.1) is 6.42 Å². The van der Waals surface area contributed by atoms with Crippen LogP contribution in [0.2, 0.25) is 0 Å². The van der Waals surface area contributed by atoms with Crippen LogP contribution in [0.15, 0.2) is 0 Å². The SMILES string of the molecule is O=S(=O)([O-])O.O=S(=O)([O-])OC(CO)C(O)C(O)[CH-]CO.[Na+].[Na+]. The van der Waals surface area contributed by atoms with E-state index < -0.39 is 52.3 Å². The Bertz CT molecular complexity index is 442. The van der Waals surface area contributed by atoms with Crippen molar-refractivity contribution < 1.29 is 114 Å². The fourth-order valence-corrected chi connectivity index (χ4v) is 1.29. The minimum Gasteiger partial charge on any atom is -0.726 e. The van der Waals surface area contributed by atoms with Crippen LogP contribution in [0.25, 0.3) is 0 Å². The van der Waals surface area contributed by atoms with Gasteiger partial charge in [0, 0.05) is 0 Å². The van der Waals surface area contributed by atoms with E-state index in [0.717, 1.165) is 6.42 Å². The first-order chi connectivity index (χ1) is 8.81. The van der Waals surface area contributed by atoms with Crippen molar-refractivity contribution in [1.29, 1.82) is 0 Å². The van der Waals surface area contributed by atoms with Gasteiger partial charge in [-0.3, -0.25) is 15.2 Å². The minimum absolute atomic E-state index is 0. The van der Waals surface area contributed by atoms with Gasteiger partial charge in [-0.15, -0.1) is 0 Å². The second-order valence-corrected chi connectivity index (χ2v) is 4.92. The van der Waals surface area contributed by atoms with Crippen molar-refractivity contribution in [2.45, 2.75) is 18.3 Å². The number of rotatable bonds is 7. The Kier molecular flexibility index (Phi) is 21.2. The predicted molar refractivity (Wildman–Crippen MR) is 57.4 cm³/mol. The van der Waals surface area contributed by atoms with E-state index in [1.54, 1.807) is 0 Å². The van der Waals surface area contributed by atoms with Gasteiger partial charge < -0.3 is 29.5 Å². The monoisotopic (exact) mass is 387 g/mol. The fraction of sp³-hybridized carbons (Fsp3) is 0.833. The van der Waals surface area contributed by atoms with Gasteiger partial charge >= 0.3 is 59.1 Å². The maximum atomic E-state index is 10.1. The van der Waals surface area contributed by atoms with Crippen LogP contribution in [0.1, 0.15) is 0 Å². The van der Waals surface area contributed by atoms with Crippen LogP contribution in [0.3, 0.4) is 0 Å². The molecule has 0 radical (unpaired) electrons. The van der Waals surface area contributed by atoms with Crippen LogP contribution in [0.4, 0.5) is 0 Å². The molecule has 0 aliphatic rings. The molecule has 0 spiro atoms. The van der Waals surface area contributed by atoms with Gasteiger partial charge in [-0.1, -0.05) is 6.61 Å². The summed E-state index contributed by atoms with van der Waals surface area (Å²) in [5, 5.41) is 35.2. The van der Waals surface area contributed by atoms with Crippen molar-refractivity contribution in [2.75, 3.05) is 13.2 Å². The molecule has 0 aromatic carbocycles. The van der Waals surface area contributed by atoms with Gasteiger partial charge in [0.05, 0.1) is 12.7 Å². The molecule has 3 atom stereocenters. The molecule has 16 heteroatoms. The first-order valence-corrected chi connectivity index (χ1v) is 7.25. The Morgan fingerprint density at radius 3 is 1.64 bits per heavy atom. The van der Waals surface area contributed by atoms with Gasteiger partial charge in [0.15, 0.2) is 0 Å². The van der Waals surface area contributed by atoms with Gasteiger partial charge in [0.1, 0.15) is 6.10 Å². The molecule has 0 heterocycles. The molecule has 0 rings (SSSR count). The molecule has 0 aromatic heterocycles. The summed E-state index contributed by atoms with van der Waals surface area (Å²) in [6.45, 7) is -1.54.